The Bertz CT molecular complexity index is 2610. The number of carbonyl (C=O) groups excluding carboxylic acids is 1. The lowest BCUT2D eigenvalue weighted by Gasteiger charge is -2.59. The fourth-order valence-electron chi connectivity index (χ4n) is 18.2. The first kappa shape index (κ1) is 71.8. The number of methoxy groups -OCH3 is 4. The molecule has 27 heteroatoms. The molecule has 0 amide bonds. The van der Waals surface area contributed by atoms with Crippen molar-refractivity contribution in [2.75, 3.05) is 35.0 Å². The largest absolute Gasteiger partial charge is 0.493 e. The highest BCUT2D eigenvalue weighted by molar-refractivity contribution is 5.96. The average Bonchev–Trinajstić information content (AvgIpc) is 1.56. The Kier molecular flexibility index (Phi) is 22.0. The fraction of sp³-hybridized carbons (Fsp3) is 0.925. The van der Waals surface area contributed by atoms with Crippen LogP contribution in [0, 0.1) is 28.6 Å². The van der Waals surface area contributed by atoms with Crippen LogP contribution in [0.5, 0.6) is 0 Å². The average molecular weight is 1340 g/mol. The van der Waals surface area contributed by atoms with Crippen LogP contribution in [0.15, 0.2) is 23.5 Å². The van der Waals surface area contributed by atoms with Gasteiger partial charge in [-0.1, -0.05) is 25.5 Å². The van der Waals surface area contributed by atoms with Crippen LogP contribution in [-0.2, 0) is 105 Å². The molecule has 8 aliphatic heterocycles. The number of fused-ring (bicyclic) bond motifs is 6. The summed E-state index contributed by atoms with van der Waals surface area (Å²) in [6.45, 7) is 17.8. The van der Waals surface area contributed by atoms with E-state index in [1.54, 1.807) is 40.9 Å². The zero-order valence-corrected chi connectivity index (χ0v) is 57.0. The highest BCUT2D eigenvalue weighted by atomic mass is 17.2. The molecule has 1 spiro atoms. The first-order valence-corrected chi connectivity index (χ1v) is 34.4. The summed E-state index contributed by atoms with van der Waals surface area (Å²) in [5.74, 6) is -0.335. The molecule has 94 heavy (non-hydrogen) atoms. The number of Topliss-reactive ketones (excluding diaryl/α,β-unsaturated/α-hetero) is 1. The van der Waals surface area contributed by atoms with Crippen molar-refractivity contribution in [2.24, 2.45) is 28.6 Å². The molecule has 4 aliphatic carbocycles. The van der Waals surface area contributed by atoms with E-state index in [1.165, 1.54) is 26.9 Å². The minimum atomic E-state index is -1.45. The van der Waals surface area contributed by atoms with E-state index in [9.17, 15) is 30.3 Å². The molecule has 3 saturated carbocycles. The monoisotopic (exact) mass is 1340 g/mol. The quantitative estimate of drug-likeness (QED) is 0.0996. The summed E-state index contributed by atoms with van der Waals surface area (Å²) in [5, 5.41) is 57.4. The van der Waals surface area contributed by atoms with E-state index in [0.29, 0.717) is 18.3 Å². The van der Waals surface area contributed by atoms with E-state index < -0.39 is 177 Å². The highest BCUT2D eigenvalue weighted by Crippen LogP contribution is 2.68. The molecule has 12 aliphatic rings. The van der Waals surface area contributed by atoms with Crippen molar-refractivity contribution in [1.82, 2.24) is 0 Å². The molecular formula is C67H106O27. The maximum Gasteiger partial charge on any atom is 0.274 e. The van der Waals surface area contributed by atoms with E-state index in [1.807, 2.05) is 27.7 Å². The number of rotatable bonds is 17. The lowest BCUT2D eigenvalue weighted by molar-refractivity contribution is -0.489. The second kappa shape index (κ2) is 28.8. The maximum absolute atomic E-state index is 13.1. The van der Waals surface area contributed by atoms with Gasteiger partial charge in [0, 0.05) is 52.4 Å². The number of ketones is 1. The smallest absolute Gasteiger partial charge is 0.274 e. The first-order valence-electron chi connectivity index (χ1n) is 34.4. The summed E-state index contributed by atoms with van der Waals surface area (Å²) in [5.41, 5.74) is -0.208. The molecule has 0 radical (unpaired) electrons. The van der Waals surface area contributed by atoms with Crippen molar-refractivity contribution in [2.45, 2.75) is 330 Å². The highest BCUT2D eigenvalue weighted by Gasteiger charge is 2.66. The summed E-state index contributed by atoms with van der Waals surface area (Å²) < 4.78 is 117. The third-order valence-electron chi connectivity index (χ3n) is 23.6. The fourth-order valence-corrected chi connectivity index (χ4v) is 18.2. The number of hydrogen-bond donors (Lipinski definition) is 5. The van der Waals surface area contributed by atoms with Gasteiger partial charge in [0.15, 0.2) is 43.3 Å². The Morgan fingerprint density at radius 1 is 0.628 bits per heavy atom. The molecule has 0 aromatic carbocycles. The van der Waals surface area contributed by atoms with Crippen LogP contribution in [0.4, 0.5) is 0 Å². The van der Waals surface area contributed by atoms with Crippen molar-refractivity contribution in [3.63, 3.8) is 0 Å². The van der Waals surface area contributed by atoms with Crippen molar-refractivity contribution in [1.29, 1.82) is 0 Å². The summed E-state index contributed by atoms with van der Waals surface area (Å²) in [6, 6.07) is 0. The molecule has 7 saturated heterocycles. The normalized spacial score (nSPS) is 52.7. The van der Waals surface area contributed by atoms with Gasteiger partial charge in [-0.15, -0.1) is 0 Å². The van der Waals surface area contributed by atoms with Gasteiger partial charge in [0.25, 0.3) is 12.3 Å². The predicted octanol–water partition coefficient (Wildman–Crippen LogP) is 4.39. The minimum Gasteiger partial charge on any atom is -0.493 e. The second-order valence-electron chi connectivity index (χ2n) is 29.3. The number of ether oxygens (including phenoxy) is 19. The van der Waals surface area contributed by atoms with Crippen LogP contribution in [0.1, 0.15) is 146 Å². The lowest BCUT2D eigenvalue weighted by atomic mass is 9.46. The summed E-state index contributed by atoms with van der Waals surface area (Å²) >= 11 is 0. The van der Waals surface area contributed by atoms with Gasteiger partial charge in [-0.3, -0.25) is 9.53 Å². The van der Waals surface area contributed by atoms with E-state index in [2.05, 4.69) is 19.9 Å². The van der Waals surface area contributed by atoms with Crippen molar-refractivity contribution >= 4 is 5.78 Å². The molecule has 8 heterocycles. The standard InChI is InChI=1S/C67H106O27/c1-30-23-45(74-11)52(71)60(79-30)86-39-17-20-64(9)38(24-39)15-16-40-41(64)18-21-65(10)42(40)19-22-67(65,73)37(8)85-63-84-35(6)58-62(91-63)78-29-66(94-93-58)28-47(76-13)57(36(7)92-66)89-49-26-44(69)54(32(3)81-49)87-48-25-43(68)55(33(4)80-48)88-50-27-46(75-12)56(34(5)82-50)90-61-53(72)59(77-14)51(70)31(2)83-61/h15,23,30-37,39-44,46-51,53-63,68-70,72-73H,16-22,24-29H2,1-14H3. The van der Waals surface area contributed by atoms with E-state index >= 15 is 0 Å². The van der Waals surface area contributed by atoms with Crippen molar-refractivity contribution < 1.29 is 130 Å². The number of carbonyl (C=O) groups is 1. The molecular weight excluding hydrogens is 1240 g/mol. The van der Waals surface area contributed by atoms with E-state index in [0.717, 1.165) is 44.9 Å². The van der Waals surface area contributed by atoms with Gasteiger partial charge in [-0.2, -0.15) is 4.89 Å². The zero-order chi connectivity index (χ0) is 67.1. The Morgan fingerprint density at radius 3 is 1.91 bits per heavy atom. The topological polar surface area (TPSA) is 312 Å². The summed E-state index contributed by atoms with van der Waals surface area (Å²) in [7, 11) is 5.99. The van der Waals surface area contributed by atoms with Crippen molar-refractivity contribution in [3.05, 3.63) is 23.5 Å². The molecule has 12 rings (SSSR count). The molecule has 10 fully saturated rings. The van der Waals surface area contributed by atoms with Crippen LogP contribution in [-0.4, -0.2) is 250 Å². The van der Waals surface area contributed by atoms with Gasteiger partial charge >= 0.3 is 0 Å². The van der Waals surface area contributed by atoms with Gasteiger partial charge in [0.2, 0.25) is 12.1 Å². The van der Waals surface area contributed by atoms with Gasteiger partial charge in [0.1, 0.15) is 49.3 Å². The number of aliphatic hydroxyl groups excluding tert-OH is 4. The Balaban J connectivity index is 0.595. The molecule has 0 aromatic heterocycles. The van der Waals surface area contributed by atoms with Gasteiger partial charge in [-0.05, 0) is 136 Å². The van der Waals surface area contributed by atoms with Crippen LogP contribution in [0.3, 0.4) is 0 Å². The zero-order valence-electron chi connectivity index (χ0n) is 57.0. The third kappa shape index (κ3) is 13.7. The summed E-state index contributed by atoms with van der Waals surface area (Å²) in [6.07, 6.45) is -9.86. The SMILES string of the molecule is COC1=CC(C)OC(OC2CCC3(C)C(=CCC4C3CCC3(C)C4CCC3(O)C(C)OC3OC(C)C4OOC5(COC4O3)CC(OC)C(OC3CC(O)C(OC4CC(O)C(OC6CC(OC)C(OC7OC(C)C(O)C(OC)C7O)C(C)O6)C(C)O4)C(C)O3)C(C)O5)C2)C1=O. The Labute approximate surface area is 551 Å². The molecule has 0 bridgehead atoms. The van der Waals surface area contributed by atoms with Crippen LogP contribution < -0.4 is 0 Å². The van der Waals surface area contributed by atoms with Gasteiger partial charge < -0.3 is 111 Å². The molecule has 35 atom stereocenters. The summed E-state index contributed by atoms with van der Waals surface area (Å²) in [4.78, 5) is 25.3. The maximum atomic E-state index is 13.1. The Hall–Kier alpha value is -2.05. The van der Waals surface area contributed by atoms with E-state index in [4.69, 9.17) is 99.8 Å². The lowest BCUT2D eigenvalue weighted by Crippen LogP contribution is -2.61. The first-order chi connectivity index (χ1) is 44.7. The number of hydrogen-bond acceptors (Lipinski definition) is 27. The third-order valence-corrected chi connectivity index (χ3v) is 23.6. The van der Waals surface area contributed by atoms with Crippen molar-refractivity contribution in [3.8, 4) is 0 Å². The molecule has 27 nitrogen and oxygen atoms in total. The molecule has 536 valence electrons. The van der Waals surface area contributed by atoms with Crippen LogP contribution >= 0.6 is 0 Å². The predicted molar refractivity (Wildman–Crippen MR) is 323 cm³/mol. The molecule has 5 N–H and O–H groups in total. The Morgan fingerprint density at radius 2 is 1.27 bits per heavy atom. The number of allylic oxidation sites excluding steroid dienone is 1. The molecule has 35 unspecified atom stereocenters. The minimum absolute atomic E-state index is 0.00907. The van der Waals surface area contributed by atoms with Gasteiger partial charge in [-0.25, -0.2) is 4.89 Å². The number of aliphatic hydroxyl groups is 5. The van der Waals surface area contributed by atoms with Crippen LogP contribution in [0.25, 0.3) is 0 Å². The molecule has 0 aromatic rings. The second-order valence-corrected chi connectivity index (χ2v) is 29.3. The van der Waals surface area contributed by atoms with E-state index in [-0.39, 0.29) is 67.4 Å². The van der Waals surface area contributed by atoms with Crippen LogP contribution in [0.2, 0.25) is 0 Å². The van der Waals surface area contributed by atoms with Gasteiger partial charge in [0.05, 0.1) is 92.1 Å².